The Labute approximate surface area is 168 Å². The summed E-state index contributed by atoms with van der Waals surface area (Å²) in [5, 5.41) is 0. The minimum Gasteiger partial charge on any atom is -0.342 e. The van der Waals surface area contributed by atoms with Gasteiger partial charge in [0.25, 0.3) is 7.37 Å². The molecule has 152 valence electrons. The van der Waals surface area contributed by atoms with E-state index in [-0.39, 0.29) is 12.9 Å². The molecule has 1 atom stereocenters. The molecule has 0 unspecified atom stereocenters. The Morgan fingerprint density at radius 2 is 1.32 bits per heavy atom. The molecule has 0 aliphatic carbocycles. The Morgan fingerprint density at radius 3 is 1.71 bits per heavy atom. The van der Waals surface area contributed by atoms with Crippen molar-refractivity contribution in [2.24, 2.45) is 4.99 Å². The predicted molar refractivity (Wildman–Crippen MR) is 114 cm³/mol. The first-order chi connectivity index (χ1) is 13.5. The van der Waals surface area contributed by atoms with Gasteiger partial charge < -0.3 is 14.0 Å². The molecule has 2 aromatic rings. The highest BCUT2D eigenvalue weighted by Gasteiger charge is 2.48. The normalized spacial score (nSPS) is 13.7. The summed E-state index contributed by atoms with van der Waals surface area (Å²) in [6, 6.07) is 19.7. The van der Waals surface area contributed by atoms with Crippen LogP contribution in [0.25, 0.3) is 0 Å². The third-order valence-electron chi connectivity index (χ3n) is 4.29. The summed E-state index contributed by atoms with van der Waals surface area (Å²) in [4.78, 5) is 4.75. The van der Waals surface area contributed by atoms with E-state index >= 15 is 0 Å². The second kappa shape index (κ2) is 10.7. The lowest BCUT2D eigenvalue weighted by atomic mass is 10.0. The molecular weight excluding hydrogens is 373 g/mol. The first-order valence-corrected chi connectivity index (χ1v) is 11.5. The maximum absolute atomic E-state index is 13.8. The topological polar surface area (TPSA) is 57.1 Å². The minimum atomic E-state index is -3.40. The lowest BCUT2D eigenvalue weighted by Gasteiger charge is -2.35. The van der Waals surface area contributed by atoms with Gasteiger partial charge in [-0.1, -0.05) is 60.7 Å². The van der Waals surface area contributed by atoms with Gasteiger partial charge in [0.15, 0.2) is 0 Å². The molecule has 0 amide bonds. The van der Waals surface area contributed by atoms with Crippen LogP contribution in [0.2, 0.25) is 0 Å². The van der Waals surface area contributed by atoms with E-state index in [0.717, 1.165) is 16.8 Å². The van der Waals surface area contributed by atoms with Gasteiger partial charge in [0.05, 0.1) is 12.3 Å². The summed E-state index contributed by atoms with van der Waals surface area (Å²) in [5.74, 6) is 0. The average Bonchev–Trinajstić information content (AvgIpc) is 2.70. The zero-order valence-corrected chi connectivity index (χ0v) is 18.0. The van der Waals surface area contributed by atoms with Crippen molar-refractivity contribution in [2.75, 3.05) is 26.1 Å². The average molecular weight is 403 g/mol. The molecule has 0 N–H and O–H groups in total. The molecule has 5 nitrogen and oxygen atoms in total. The molecule has 2 aromatic carbocycles. The van der Waals surface area contributed by atoms with Gasteiger partial charge in [-0.2, -0.15) is 0 Å². The number of benzene rings is 2. The maximum Gasteiger partial charge on any atom is 0.281 e. The van der Waals surface area contributed by atoms with Gasteiger partial charge in [0, 0.05) is 24.3 Å². The third kappa shape index (κ3) is 5.39. The number of hydrogen-bond donors (Lipinski definition) is 0. The SMILES string of the molecule is CCOC(C)(OCC)[P@](=O)(CN=C(c1ccccc1)c1ccccc1)OCC. The molecule has 0 saturated carbocycles. The van der Waals surface area contributed by atoms with Crippen molar-refractivity contribution in [1.29, 1.82) is 0 Å². The first-order valence-electron chi connectivity index (χ1n) is 9.66. The number of rotatable bonds is 11. The third-order valence-corrected chi connectivity index (χ3v) is 6.98. The molecule has 0 heterocycles. The largest absolute Gasteiger partial charge is 0.342 e. The fraction of sp³-hybridized carbons (Fsp3) is 0.409. The van der Waals surface area contributed by atoms with Crippen molar-refractivity contribution < 1.29 is 18.6 Å². The van der Waals surface area contributed by atoms with Gasteiger partial charge in [0.2, 0.25) is 5.53 Å². The second-order valence-corrected chi connectivity index (χ2v) is 8.94. The van der Waals surface area contributed by atoms with Crippen LogP contribution in [-0.4, -0.2) is 37.3 Å². The number of hydrogen-bond acceptors (Lipinski definition) is 5. The van der Waals surface area contributed by atoms with E-state index in [1.807, 2.05) is 81.4 Å². The van der Waals surface area contributed by atoms with Crippen LogP contribution in [0.4, 0.5) is 0 Å². The molecule has 28 heavy (non-hydrogen) atoms. The van der Waals surface area contributed by atoms with Crippen LogP contribution in [-0.2, 0) is 18.6 Å². The standard InChI is InChI=1S/C22H30NO4P/c1-5-25-22(4,26-6-2)28(24,27-7-3)18-23-21(19-14-10-8-11-15-19)20-16-12-9-13-17-20/h8-17H,5-7,18H2,1-4H3/t28-/m0/s1. The lowest BCUT2D eigenvalue weighted by Crippen LogP contribution is -2.34. The molecule has 0 bridgehead atoms. The van der Waals surface area contributed by atoms with Crippen LogP contribution in [0.5, 0.6) is 0 Å². The quantitative estimate of drug-likeness (QED) is 0.281. The minimum absolute atomic E-state index is 0.0313. The molecule has 0 radical (unpaired) electrons. The van der Waals surface area contributed by atoms with Crippen molar-refractivity contribution in [1.82, 2.24) is 0 Å². The molecule has 0 saturated heterocycles. The van der Waals surface area contributed by atoms with E-state index in [4.69, 9.17) is 19.0 Å². The molecule has 2 rings (SSSR count). The molecule has 0 spiro atoms. The van der Waals surface area contributed by atoms with Crippen LogP contribution >= 0.6 is 7.37 Å². The van der Waals surface area contributed by atoms with E-state index in [0.29, 0.717) is 13.2 Å². The summed E-state index contributed by atoms with van der Waals surface area (Å²) in [6.07, 6.45) is -0.0313. The second-order valence-electron chi connectivity index (χ2n) is 6.24. The summed E-state index contributed by atoms with van der Waals surface area (Å²) in [7, 11) is -3.40. The molecule has 0 aliphatic rings. The van der Waals surface area contributed by atoms with E-state index in [1.165, 1.54) is 0 Å². The molecular formula is C22H30NO4P. The van der Waals surface area contributed by atoms with Gasteiger partial charge in [-0.3, -0.25) is 9.56 Å². The highest BCUT2D eigenvalue weighted by atomic mass is 31.2. The Kier molecular flexibility index (Phi) is 8.58. The van der Waals surface area contributed by atoms with Gasteiger partial charge in [-0.25, -0.2) is 0 Å². The van der Waals surface area contributed by atoms with Crippen molar-refractivity contribution in [2.45, 2.75) is 33.2 Å². The van der Waals surface area contributed by atoms with Crippen LogP contribution in [0.1, 0.15) is 38.8 Å². The first kappa shape index (κ1) is 22.5. The highest BCUT2D eigenvalue weighted by molar-refractivity contribution is 7.60. The van der Waals surface area contributed by atoms with Crippen molar-refractivity contribution in [3.8, 4) is 0 Å². The number of aliphatic imine (C=N–C) groups is 1. The maximum atomic E-state index is 13.8. The van der Waals surface area contributed by atoms with E-state index < -0.39 is 12.9 Å². The number of nitrogens with zero attached hydrogens (tertiary/aromatic N) is 1. The van der Waals surface area contributed by atoms with Gasteiger partial charge in [-0.15, -0.1) is 0 Å². The molecule has 0 aliphatic heterocycles. The van der Waals surface area contributed by atoms with Crippen LogP contribution in [0.3, 0.4) is 0 Å². The Bertz CT molecular complexity index is 745. The van der Waals surface area contributed by atoms with Crippen LogP contribution in [0, 0.1) is 0 Å². The zero-order chi connectivity index (χ0) is 20.5. The molecule has 0 aromatic heterocycles. The highest BCUT2D eigenvalue weighted by Crippen LogP contribution is 2.60. The predicted octanol–water partition coefficient (Wildman–Crippen LogP) is 5.54. The summed E-state index contributed by atoms with van der Waals surface area (Å²) < 4.78 is 31.0. The van der Waals surface area contributed by atoms with E-state index in [2.05, 4.69) is 0 Å². The van der Waals surface area contributed by atoms with Crippen LogP contribution < -0.4 is 0 Å². The van der Waals surface area contributed by atoms with Gasteiger partial charge in [0.1, 0.15) is 6.29 Å². The van der Waals surface area contributed by atoms with Crippen molar-refractivity contribution in [3.63, 3.8) is 0 Å². The molecule has 0 fully saturated rings. The molecule has 6 heteroatoms. The lowest BCUT2D eigenvalue weighted by molar-refractivity contribution is -0.167. The van der Waals surface area contributed by atoms with Crippen molar-refractivity contribution >= 4 is 13.1 Å². The summed E-state index contributed by atoms with van der Waals surface area (Å²) >= 11 is 0. The van der Waals surface area contributed by atoms with E-state index in [1.54, 1.807) is 6.92 Å². The van der Waals surface area contributed by atoms with Crippen molar-refractivity contribution in [3.05, 3.63) is 71.8 Å². The van der Waals surface area contributed by atoms with Gasteiger partial charge >= 0.3 is 0 Å². The number of ether oxygens (including phenoxy) is 2. The monoisotopic (exact) mass is 403 g/mol. The Balaban J connectivity index is 2.48. The summed E-state index contributed by atoms with van der Waals surface area (Å²) in [6.45, 7) is 8.19. The Hall–Kier alpha value is -1.78. The zero-order valence-electron chi connectivity index (χ0n) is 17.1. The van der Waals surface area contributed by atoms with E-state index in [9.17, 15) is 4.57 Å². The fourth-order valence-electron chi connectivity index (χ4n) is 2.97. The van der Waals surface area contributed by atoms with Crippen LogP contribution in [0.15, 0.2) is 65.7 Å². The Morgan fingerprint density at radius 1 is 0.857 bits per heavy atom. The fourth-order valence-corrected chi connectivity index (χ4v) is 4.94. The summed E-state index contributed by atoms with van der Waals surface area (Å²) in [5.41, 5.74) is 1.32. The smallest absolute Gasteiger partial charge is 0.281 e. The van der Waals surface area contributed by atoms with Gasteiger partial charge in [-0.05, 0) is 27.7 Å².